The summed E-state index contributed by atoms with van der Waals surface area (Å²) in [4.78, 5) is 44.9. The molecular weight excluding hydrogens is 420 g/mol. The van der Waals surface area contributed by atoms with Gasteiger partial charge in [0.1, 0.15) is 12.6 Å². The molecule has 1 aliphatic heterocycles. The Kier molecular flexibility index (Phi) is 6.63. The van der Waals surface area contributed by atoms with Gasteiger partial charge in [-0.15, -0.1) is 0 Å². The second-order valence-corrected chi connectivity index (χ2v) is 8.06. The number of aromatic nitrogens is 1. The summed E-state index contributed by atoms with van der Waals surface area (Å²) >= 11 is 0. The molecule has 1 fully saturated rings. The molecule has 1 aromatic heterocycles. The van der Waals surface area contributed by atoms with Gasteiger partial charge in [-0.1, -0.05) is 43.3 Å². The van der Waals surface area contributed by atoms with Crippen molar-refractivity contribution < 1.29 is 19.1 Å². The number of ether oxygens (including phenoxy) is 1. The van der Waals surface area contributed by atoms with E-state index in [1.54, 1.807) is 11.8 Å². The van der Waals surface area contributed by atoms with Crippen molar-refractivity contribution in [3.63, 3.8) is 0 Å². The quantitative estimate of drug-likeness (QED) is 0.566. The first-order valence-corrected chi connectivity index (χ1v) is 11.1. The number of H-pyrrole nitrogens is 1. The molecule has 33 heavy (non-hydrogen) atoms. The minimum Gasteiger partial charge on any atom is -0.464 e. The lowest BCUT2D eigenvalue weighted by Gasteiger charge is -2.35. The highest BCUT2D eigenvalue weighted by Gasteiger charge is 2.34. The zero-order valence-corrected chi connectivity index (χ0v) is 18.8. The lowest BCUT2D eigenvalue weighted by atomic mass is 9.93. The predicted octanol–water partition coefficient (Wildman–Crippen LogP) is 3.26. The summed E-state index contributed by atoms with van der Waals surface area (Å²) in [7, 11) is 0. The number of rotatable bonds is 6. The summed E-state index contributed by atoms with van der Waals surface area (Å²) in [5.41, 5.74) is 2.67. The first kappa shape index (κ1) is 22.4. The average molecular weight is 449 g/mol. The van der Waals surface area contributed by atoms with E-state index in [-0.39, 0.29) is 25.0 Å². The summed E-state index contributed by atoms with van der Waals surface area (Å²) in [6, 6.07) is 15.8. The molecule has 0 radical (unpaired) electrons. The maximum absolute atomic E-state index is 13.1. The van der Waals surface area contributed by atoms with Crippen LogP contribution in [0.1, 0.15) is 25.3 Å². The Morgan fingerprint density at radius 1 is 1.09 bits per heavy atom. The van der Waals surface area contributed by atoms with E-state index in [0.29, 0.717) is 13.1 Å². The van der Waals surface area contributed by atoms with Crippen molar-refractivity contribution in [2.45, 2.75) is 25.8 Å². The number of aromatic amines is 1. The molecule has 1 saturated heterocycles. The van der Waals surface area contributed by atoms with E-state index in [2.05, 4.69) is 10.3 Å². The minimum atomic E-state index is -0.890. The molecule has 3 amide bonds. The molecule has 0 bridgehead atoms. The number of hydrogen-bond donors (Lipinski definition) is 2. The Hall–Kier alpha value is -3.81. The van der Waals surface area contributed by atoms with E-state index in [9.17, 15) is 14.4 Å². The van der Waals surface area contributed by atoms with Gasteiger partial charge in [0.15, 0.2) is 0 Å². The SMILES string of the molecule is CCOC(=O)[C@H](NC(=O)N1CCN(c2ccccc2)C(=O)C1)[C@@H](C)c1c[nH]c2ccccc12. The van der Waals surface area contributed by atoms with Crippen molar-refractivity contribution in [1.82, 2.24) is 15.2 Å². The highest BCUT2D eigenvalue weighted by Crippen LogP contribution is 2.28. The second-order valence-electron chi connectivity index (χ2n) is 8.06. The minimum absolute atomic E-state index is 0.0578. The fourth-order valence-corrected chi connectivity index (χ4v) is 4.22. The molecule has 4 rings (SSSR count). The molecule has 2 heterocycles. The number of piperazine rings is 1. The Bertz CT molecular complexity index is 1140. The summed E-state index contributed by atoms with van der Waals surface area (Å²) in [5, 5.41) is 3.81. The molecule has 3 aromatic rings. The van der Waals surface area contributed by atoms with Crippen LogP contribution in [-0.4, -0.2) is 60.1 Å². The number of hydrogen-bond acceptors (Lipinski definition) is 4. The Morgan fingerprint density at radius 2 is 1.82 bits per heavy atom. The number of nitrogens with one attached hydrogen (secondary N) is 2. The molecule has 8 nitrogen and oxygen atoms in total. The van der Waals surface area contributed by atoms with Crippen molar-refractivity contribution in [2.24, 2.45) is 0 Å². The number of carbonyl (C=O) groups is 3. The standard InChI is InChI=1S/C25H28N4O4/c1-3-33-24(31)23(17(2)20-15-26-21-12-8-7-11-19(20)21)27-25(32)28-13-14-29(22(30)16-28)18-9-5-4-6-10-18/h4-12,15,17,23,26H,3,13-14,16H2,1-2H3,(H,27,32)/t17-,23+/m0/s1. The Labute approximate surface area is 192 Å². The summed E-state index contributed by atoms with van der Waals surface area (Å²) in [6.45, 7) is 4.52. The third-order valence-corrected chi connectivity index (χ3v) is 6.01. The number of amides is 3. The van der Waals surface area contributed by atoms with Crippen LogP contribution in [0.5, 0.6) is 0 Å². The number of anilines is 1. The van der Waals surface area contributed by atoms with Gasteiger partial charge in [-0.25, -0.2) is 9.59 Å². The predicted molar refractivity (Wildman–Crippen MR) is 126 cm³/mol. The molecule has 1 aliphatic rings. The number of fused-ring (bicyclic) bond motifs is 1. The van der Waals surface area contributed by atoms with Gasteiger partial charge in [0.2, 0.25) is 5.91 Å². The van der Waals surface area contributed by atoms with Crippen molar-refractivity contribution in [1.29, 1.82) is 0 Å². The fraction of sp³-hybridized carbons (Fsp3) is 0.320. The summed E-state index contributed by atoms with van der Waals surface area (Å²) in [6.07, 6.45) is 1.86. The molecule has 8 heteroatoms. The van der Waals surface area contributed by atoms with E-state index >= 15 is 0 Å². The molecule has 2 aromatic carbocycles. The molecule has 172 valence electrons. The van der Waals surface area contributed by atoms with E-state index in [1.807, 2.05) is 67.7 Å². The number of nitrogens with zero attached hydrogens (tertiary/aromatic N) is 2. The van der Waals surface area contributed by atoms with Crippen LogP contribution in [-0.2, 0) is 14.3 Å². The van der Waals surface area contributed by atoms with Crippen LogP contribution in [0, 0.1) is 0 Å². The summed E-state index contributed by atoms with van der Waals surface area (Å²) < 4.78 is 5.26. The number of carbonyl (C=O) groups excluding carboxylic acids is 3. The zero-order chi connectivity index (χ0) is 23.4. The van der Waals surface area contributed by atoms with Crippen LogP contribution >= 0.6 is 0 Å². The fourth-order valence-electron chi connectivity index (χ4n) is 4.22. The van der Waals surface area contributed by atoms with Crippen LogP contribution < -0.4 is 10.2 Å². The number of benzene rings is 2. The van der Waals surface area contributed by atoms with E-state index in [1.165, 1.54) is 4.90 Å². The lowest BCUT2D eigenvalue weighted by molar-refractivity contribution is -0.145. The monoisotopic (exact) mass is 448 g/mol. The lowest BCUT2D eigenvalue weighted by Crippen LogP contribution is -2.57. The summed E-state index contributed by atoms with van der Waals surface area (Å²) in [5.74, 6) is -1.01. The van der Waals surface area contributed by atoms with E-state index in [0.717, 1.165) is 22.2 Å². The first-order valence-electron chi connectivity index (χ1n) is 11.1. The van der Waals surface area contributed by atoms with Gasteiger partial charge in [0.05, 0.1) is 6.61 Å². The smallest absolute Gasteiger partial charge is 0.329 e. The average Bonchev–Trinajstić information content (AvgIpc) is 3.27. The van der Waals surface area contributed by atoms with Gasteiger partial charge in [-0.3, -0.25) is 4.79 Å². The first-order chi connectivity index (χ1) is 16.0. The normalized spacial score (nSPS) is 15.9. The van der Waals surface area contributed by atoms with Crippen molar-refractivity contribution in [2.75, 3.05) is 31.1 Å². The third-order valence-electron chi connectivity index (χ3n) is 6.01. The largest absolute Gasteiger partial charge is 0.464 e. The molecular formula is C25H28N4O4. The van der Waals surface area contributed by atoms with Gasteiger partial charge >= 0.3 is 12.0 Å². The van der Waals surface area contributed by atoms with E-state index < -0.39 is 18.0 Å². The molecule has 2 N–H and O–H groups in total. The molecule has 0 aliphatic carbocycles. The van der Waals surface area contributed by atoms with Gasteiger partial charge in [-0.05, 0) is 30.7 Å². The molecule has 0 unspecified atom stereocenters. The van der Waals surface area contributed by atoms with Gasteiger partial charge in [0, 0.05) is 41.8 Å². The van der Waals surface area contributed by atoms with Gasteiger partial charge in [-0.2, -0.15) is 0 Å². The molecule has 0 spiro atoms. The molecule has 0 saturated carbocycles. The van der Waals surface area contributed by atoms with Crippen LogP contribution in [0.15, 0.2) is 60.8 Å². The van der Waals surface area contributed by atoms with Crippen molar-refractivity contribution in [3.05, 3.63) is 66.4 Å². The maximum atomic E-state index is 13.1. The zero-order valence-electron chi connectivity index (χ0n) is 18.8. The van der Waals surface area contributed by atoms with Gasteiger partial charge in [0.25, 0.3) is 0 Å². The molecule has 2 atom stereocenters. The number of urea groups is 1. The maximum Gasteiger partial charge on any atom is 0.329 e. The van der Waals surface area contributed by atoms with Crippen LogP contribution in [0.4, 0.5) is 10.5 Å². The number of esters is 1. The van der Waals surface area contributed by atoms with Crippen LogP contribution in [0.3, 0.4) is 0 Å². The van der Waals surface area contributed by atoms with Crippen molar-refractivity contribution in [3.8, 4) is 0 Å². The van der Waals surface area contributed by atoms with E-state index in [4.69, 9.17) is 4.74 Å². The Morgan fingerprint density at radius 3 is 2.55 bits per heavy atom. The highest BCUT2D eigenvalue weighted by atomic mass is 16.5. The Balaban J connectivity index is 1.49. The van der Waals surface area contributed by atoms with Crippen LogP contribution in [0.25, 0.3) is 10.9 Å². The highest BCUT2D eigenvalue weighted by molar-refractivity contribution is 5.98. The number of para-hydroxylation sites is 2. The van der Waals surface area contributed by atoms with Crippen LogP contribution in [0.2, 0.25) is 0 Å². The van der Waals surface area contributed by atoms with Crippen molar-refractivity contribution >= 4 is 34.5 Å². The second kappa shape index (κ2) is 9.77. The van der Waals surface area contributed by atoms with Gasteiger partial charge < -0.3 is 24.8 Å². The topological polar surface area (TPSA) is 94.7 Å². The third kappa shape index (κ3) is 4.69.